The van der Waals surface area contributed by atoms with E-state index in [1.165, 1.54) is 31.0 Å². The Hall–Kier alpha value is -3.11. The zero-order valence-corrected chi connectivity index (χ0v) is 19.2. The van der Waals surface area contributed by atoms with Crippen LogP contribution in [0.4, 0.5) is 0 Å². The highest BCUT2D eigenvalue weighted by atomic mass is 35.5. The Morgan fingerprint density at radius 2 is 1.97 bits per heavy atom. The summed E-state index contributed by atoms with van der Waals surface area (Å²) >= 11 is 6.07. The van der Waals surface area contributed by atoms with Crippen LogP contribution < -0.4 is 11.2 Å². The minimum absolute atomic E-state index is 0.00772. The van der Waals surface area contributed by atoms with Gasteiger partial charge in [0.05, 0.1) is 37.4 Å². The van der Waals surface area contributed by atoms with Crippen molar-refractivity contribution in [2.24, 2.45) is 11.8 Å². The van der Waals surface area contributed by atoms with E-state index in [9.17, 15) is 23.2 Å². The third-order valence-corrected chi connectivity index (χ3v) is 8.49. The Kier molecular flexibility index (Phi) is 5.09. The summed E-state index contributed by atoms with van der Waals surface area (Å²) < 4.78 is 28.7. The van der Waals surface area contributed by atoms with Gasteiger partial charge in [0.1, 0.15) is 0 Å². The number of nitrogens with zero attached hydrogens (tertiary/aromatic N) is 3. The quantitative estimate of drug-likeness (QED) is 0.415. The molecule has 2 aromatic carbocycles. The summed E-state index contributed by atoms with van der Waals surface area (Å²) in [7, 11) is -4.15. The largest absolute Gasteiger partial charge is 0.421 e. The van der Waals surface area contributed by atoms with Crippen LogP contribution in [0.25, 0.3) is 21.8 Å². The molecule has 0 bridgehead atoms. The molecule has 11 heteroatoms. The number of hydrogen-bond acceptors (Lipinski definition) is 6. The lowest BCUT2D eigenvalue weighted by Crippen LogP contribution is -2.33. The van der Waals surface area contributed by atoms with Crippen LogP contribution in [0.15, 0.2) is 55.9 Å². The van der Waals surface area contributed by atoms with E-state index < -0.39 is 21.1 Å². The van der Waals surface area contributed by atoms with Crippen LogP contribution in [-0.2, 0) is 16.4 Å². The molecule has 2 aromatic heterocycles. The molecule has 0 amide bonds. The van der Waals surface area contributed by atoms with E-state index in [2.05, 4.69) is 17.0 Å². The Balaban J connectivity index is 1.60. The molecule has 9 nitrogen and oxygen atoms in total. The predicted molar refractivity (Wildman–Crippen MR) is 123 cm³/mol. The van der Waals surface area contributed by atoms with E-state index in [0.29, 0.717) is 18.0 Å². The molecular weight excluding hydrogens is 468 g/mol. The summed E-state index contributed by atoms with van der Waals surface area (Å²) in [5, 5.41) is 14.5. The molecule has 0 radical (unpaired) electrons. The summed E-state index contributed by atoms with van der Waals surface area (Å²) in [5.41, 5.74) is -1.83. The molecular formula is C22H21ClN4O5S. The number of H-pyrrole nitrogens is 1. The van der Waals surface area contributed by atoms with Gasteiger partial charge in [0, 0.05) is 11.9 Å². The van der Waals surface area contributed by atoms with Crippen LogP contribution in [-0.4, -0.2) is 33.1 Å². The highest BCUT2D eigenvalue weighted by molar-refractivity contribution is 7.91. The molecule has 0 unspecified atom stereocenters. The van der Waals surface area contributed by atoms with E-state index in [-0.39, 0.29) is 30.4 Å². The van der Waals surface area contributed by atoms with Crippen LogP contribution in [0.1, 0.15) is 26.2 Å². The van der Waals surface area contributed by atoms with Crippen molar-refractivity contribution in [3.05, 3.63) is 62.4 Å². The molecule has 0 aliphatic heterocycles. The number of nitrogens with one attached hydrogen (secondary N) is 1. The van der Waals surface area contributed by atoms with Crippen molar-refractivity contribution >= 4 is 43.2 Å². The lowest BCUT2D eigenvalue weighted by atomic mass is 9.74. The SMILES string of the molecule is CC1CC(CCn2ncc3ccc(S(=O)(=O)c4ccc(Cl)c5c(=O)n(O)c(=O)[nH]c45)cc32)C1. The summed E-state index contributed by atoms with van der Waals surface area (Å²) in [5.74, 6) is 1.43. The Labute approximate surface area is 193 Å². The second-order valence-electron chi connectivity index (χ2n) is 8.67. The third-order valence-electron chi connectivity index (χ3n) is 6.38. The van der Waals surface area contributed by atoms with Gasteiger partial charge in [-0.2, -0.15) is 5.10 Å². The fourth-order valence-corrected chi connectivity index (χ4v) is 6.28. The lowest BCUT2D eigenvalue weighted by Gasteiger charge is -2.32. The number of aromatic nitrogens is 4. The minimum atomic E-state index is -4.15. The van der Waals surface area contributed by atoms with E-state index in [0.717, 1.165) is 17.7 Å². The molecule has 2 N–H and O–H groups in total. The fourth-order valence-electron chi connectivity index (χ4n) is 4.61. The number of benzene rings is 2. The topological polar surface area (TPSA) is 127 Å². The van der Waals surface area contributed by atoms with E-state index in [1.807, 2.05) is 4.68 Å². The number of halogens is 1. The first-order valence-electron chi connectivity index (χ1n) is 10.5. The van der Waals surface area contributed by atoms with Crippen molar-refractivity contribution in [3.8, 4) is 0 Å². The van der Waals surface area contributed by atoms with Gasteiger partial charge in [-0.3, -0.25) is 9.48 Å². The van der Waals surface area contributed by atoms with Gasteiger partial charge in [0.15, 0.2) is 0 Å². The van der Waals surface area contributed by atoms with E-state index in [1.54, 1.807) is 18.3 Å². The maximum atomic E-state index is 13.5. The average Bonchev–Trinajstić information content (AvgIpc) is 3.16. The van der Waals surface area contributed by atoms with E-state index >= 15 is 0 Å². The highest BCUT2D eigenvalue weighted by Gasteiger charge is 2.26. The Bertz CT molecular complexity index is 1630. The molecule has 0 atom stereocenters. The maximum absolute atomic E-state index is 13.5. The number of fused-ring (bicyclic) bond motifs is 2. The molecule has 4 aromatic rings. The fraction of sp³-hybridized carbons (Fsp3) is 0.318. The molecule has 1 aliphatic rings. The van der Waals surface area contributed by atoms with Crippen molar-refractivity contribution in [1.29, 1.82) is 0 Å². The van der Waals surface area contributed by atoms with Crippen molar-refractivity contribution in [3.63, 3.8) is 0 Å². The van der Waals surface area contributed by atoms with Crippen molar-refractivity contribution in [1.82, 2.24) is 19.5 Å². The molecule has 0 spiro atoms. The first-order chi connectivity index (χ1) is 15.7. The maximum Gasteiger partial charge on any atom is 0.362 e. The smallest absolute Gasteiger partial charge is 0.362 e. The van der Waals surface area contributed by atoms with Crippen LogP contribution in [0.2, 0.25) is 5.02 Å². The highest BCUT2D eigenvalue weighted by Crippen LogP contribution is 2.36. The summed E-state index contributed by atoms with van der Waals surface area (Å²) in [4.78, 5) is 26.3. The van der Waals surface area contributed by atoms with Gasteiger partial charge < -0.3 is 10.2 Å². The monoisotopic (exact) mass is 488 g/mol. The van der Waals surface area contributed by atoms with Gasteiger partial charge in [-0.1, -0.05) is 23.3 Å². The van der Waals surface area contributed by atoms with Crippen LogP contribution >= 0.6 is 11.6 Å². The number of rotatable bonds is 5. The van der Waals surface area contributed by atoms with Gasteiger partial charge in [0.2, 0.25) is 9.84 Å². The number of hydrogen-bond donors (Lipinski definition) is 2. The van der Waals surface area contributed by atoms with E-state index in [4.69, 9.17) is 11.6 Å². The van der Waals surface area contributed by atoms with Crippen LogP contribution in [0.5, 0.6) is 0 Å². The van der Waals surface area contributed by atoms with Crippen LogP contribution in [0.3, 0.4) is 0 Å². The summed E-state index contributed by atoms with van der Waals surface area (Å²) in [6.07, 6.45) is 5.09. The molecule has 0 saturated heterocycles. The molecule has 172 valence electrons. The molecule has 2 heterocycles. The molecule has 1 fully saturated rings. The summed E-state index contributed by atoms with van der Waals surface area (Å²) in [6.45, 7) is 2.93. The van der Waals surface area contributed by atoms with Crippen LogP contribution in [0, 0.1) is 11.8 Å². The second kappa shape index (κ2) is 7.74. The molecule has 33 heavy (non-hydrogen) atoms. The number of aromatic amines is 1. The molecule has 1 aliphatic carbocycles. The standard InChI is InChI=1S/C22H21ClN4O5S/c1-12-8-13(9-12)6-7-26-17-10-15(3-2-14(17)11-24-26)33(31,32)18-5-4-16(23)19-20(18)25-22(29)27(30)21(19)28/h2-5,10-13,30H,6-9H2,1H3,(H,25,29). The van der Waals surface area contributed by atoms with Crippen molar-refractivity contribution < 1.29 is 13.6 Å². The van der Waals surface area contributed by atoms with Gasteiger partial charge in [-0.15, -0.1) is 0 Å². The first kappa shape index (κ1) is 21.7. The lowest BCUT2D eigenvalue weighted by molar-refractivity contribution is 0.162. The molecule has 5 rings (SSSR count). The van der Waals surface area contributed by atoms with Gasteiger partial charge in [-0.25, -0.2) is 13.2 Å². The van der Waals surface area contributed by atoms with Crippen molar-refractivity contribution in [2.75, 3.05) is 0 Å². The average molecular weight is 489 g/mol. The zero-order valence-electron chi connectivity index (χ0n) is 17.7. The van der Waals surface area contributed by atoms with Gasteiger partial charge >= 0.3 is 5.69 Å². The number of aryl methyl sites for hydroxylation is 1. The third kappa shape index (κ3) is 3.53. The number of sulfone groups is 1. The zero-order chi connectivity index (χ0) is 23.5. The molecule has 1 saturated carbocycles. The van der Waals surface area contributed by atoms with Crippen molar-refractivity contribution in [2.45, 2.75) is 42.5 Å². The minimum Gasteiger partial charge on any atom is -0.421 e. The predicted octanol–water partition coefficient (Wildman–Crippen LogP) is 3.20. The first-order valence-corrected chi connectivity index (χ1v) is 12.4. The van der Waals surface area contributed by atoms with Gasteiger partial charge in [0.25, 0.3) is 5.56 Å². The van der Waals surface area contributed by atoms with Gasteiger partial charge in [-0.05, 0) is 61.4 Å². The Morgan fingerprint density at radius 3 is 2.70 bits per heavy atom. The second-order valence-corrected chi connectivity index (χ2v) is 11.0. The summed E-state index contributed by atoms with van der Waals surface area (Å²) in [6, 6.07) is 7.17. The normalized spacial score (nSPS) is 18.6. The Morgan fingerprint density at radius 1 is 1.21 bits per heavy atom.